The highest BCUT2D eigenvalue weighted by Crippen LogP contribution is 2.33. The van der Waals surface area contributed by atoms with E-state index in [1.54, 1.807) is 26.1 Å². The summed E-state index contributed by atoms with van der Waals surface area (Å²) >= 11 is 0. The third kappa shape index (κ3) is 5.66. The number of carbonyl (C=O) groups is 3. The van der Waals surface area contributed by atoms with Crippen molar-refractivity contribution in [3.05, 3.63) is 17.8 Å². The number of aromatic nitrogens is 4. The average molecular weight is 499 g/mol. The van der Waals surface area contributed by atoms with Crippen molar-refractivity contribution < 1.29 is 24.2 Å². The van der Waals surface area contributed by atoms with E-state index in [0.29, 0.717) is 47.3 Å². The molecule has 0 aromatic carbocycles. The Bertz CT molecular complexity index is 1130. The molecule has 0 saturated heterocycles. The molecule has 2 heterocycles. The Labute approximate surface area is 210 Å². The van der Waals surface area contributed by atoms with E-state index in [1.807, 2.05) is 6.92 Å². The molecule has 11 nitrogen and oxygen atoms in total. The van der Waals surface area contributed by atoms with E-state index in [4.69, 9.17) is 4.74 Å². The number of carboxylic acids is 1. The van der Waals surface area contributed by atoms with E-state index in [9.17, 15) is 19.5 Å². The Morgan fingerprint density at radius 3 is 2.39 bits per heavy atom. The molecule has 2 aromatic rings. The first-order chi connectivity index (χ1) is 17.2. The topological polar surface area (TPSA) is 148 Å². The smallest absolute Gasteiger partial charge is 0.413 e. The normalized spacial score (nSPS) is 21.1. The number of ether oxygens (including phenoxy) is 1. The van der Waals surface area contributed by atoms with Crippen LogP contribution in [-0.2, 0) is 21.4 Å². The average Bonchev–Trinajstić information content (AvgIpc) is 3.51. The third-order valence-corrected chi connectivity index (χ3v) is 7.41. The Hall–Kier alpha value is -3.50. The van der Waals surface area contributed by atoms with Gasteiger partial charge in [-0.15, -0.1) is 5.10 Å². The van der Waals surface area contributed by atoms with Gasteiger partial charge in [0, 0.05) is 7.05 Å². The second kappa shape index (κ2) is 11.0. The molecule has 4 rings (SSSR count). The van der Waals surface area contributed by atoms with Crippen LogP contribution in [0.3, 0.4) is 0 Å². The maximum Gasteiger partial charge on any atom is 0.413 e. The maximum atomic E-state index is 12.9. The van der Waals surface area contributed by atoms with E-state index in [0.717, 1.165) is 38.5 Å². The molecule has 3 atom stereocenters. The number of hydrogen-bond acceptors (Lipinski definition) is 7. The van der Waals surface area contributed by atoms with E-state index < -0.39 is 23.9 Å². The van der Waals surface area contributed by atoms with Crippen LogP contribution in [0.4, 0.5) is 16.3 Å². The van der Waals surface area contributed by atoms with Crippen LogP contribution in [-0.4, -0.2) is 49.2 Å². The molecule has 3 N–H and O–H groups in total. The first kappa shape index (κ1) is 25.6. The number of nitrogens with zero attached hydrogens (tertiary/aromatic N) is 4. The number of aliphatic carboxylic acids is 1. The summed E-state index contributed by atoms with van der Waals surface area (Å²) in [5.41, 5.74) is 1.89. The van der Waals surface area contributed by atoms with Crippen LogP contribution in [0.15, 0.2) is 12.1 Å². The molecule has 36 heavy (non-hydrogen) atoms. The Morgan fingerprint density at radius 2 is 1.72 bits per heavy atom. The number of pyridine rings is 1. The molecule has 0 aliphatic heterocycles. The molecule has 2 saturated carbocycles. The van der Waals surface area contributed by atoms with Crippen molar-refractivity contribution in [2.75, 3.05) is 10.6 Å². The highest BCUT2D eigenvalue weighted by molar-refractivity contribution is 5.96. The summed E-state index contributed by atoms with van der Waals surface area (Å²) in [4.78, 5) is 41.6. The van der Waals surface area contributed by atoms with Crippen molar-refractivity contribution >= 4 is 29.5 Å². The van der Waals surface area contributed by atoms with Crippen LogP contribution in [0.5, 0.6) is 0 Å². The Balaban J connectivity index is 1.45. The summed E-state index contributed by atoms with van der Waals surface area (Å²) in [6, 6.07) is 3.38. The van der Waals surface area contributed by atoms with E-state index in [2.05, 4.69) is 25.9 Å². The first-order valence-corrected chi connectivity index (χ1v) is 12.6. The van der Waals surface area contributed by atoms with E-state index in [-0.39, 0.29) is 12.0 Å². The zero-order chi connectivity index (χ0) is 25.8. The number of nitrogens with one attached hydrogen (secondary N) is 2. The lowest BCUT2D eigenvalue weighted by Crippen LogP contribution is -2.36. The lowest BCUT2D eigenvalue weighted by atomic mass is 9.78. The standard InChI is InChI=1S/C25H34N6O5/c1-14-19(27-23(32)17-10-6-7-11-18(17)24(33)34)12-13-20(26-14)21-22(31(3)30-29-21)28-25(35)36-15(2)16-8-4-5-9-16/h12-13,15-18H,4-11H2,1-3H3,(H,27,32)(H,28,35)(H,33,34)/t15?,17-,18-/m0/s1. The SMILES string of the molecule is Cc1nc(-c2nnn(C)c2NC(=O)OC(C)C2CCCC2)ccc1NC(=O)[C@H]1CCCC[C@@H]1C(=O)O. The minimum absolute atomic E-state index is 0.176. The fourth-order valence-corrected chi connectivity index (χ4v) is 5.28. The minimum atomic E-state index is -0.932. The molecule has 0 bridgehead atoms. The number of carboxylic acid groups (broad SMARTS) is 1. The molecule has 11 heteroatoms. The molecule has 0 spiro atoms. The number of anilines is 2. The van der Waals surface area contributed by atoms with E-state index in [1.165, 1.54) is 4.68 Å². The quantitative estimate of drug-likeness (QED) is 0.516. The second-order valence-electron chi connectivity index (χ2n) is 9.84. The van der Waals surface area contributed by atoms with E-state index >= 15 is 0 Å². The largest absolute Gasteiger partial charge is 0.481 e. The predicted octanol–water partition coefficient (Wildman–Crippen LogP) is 4.14. The molecular weight excluding hydrogens is 464 g/mol. The maximum absolute atomic E-state index is 12.9. The first-order valence-electron chi connectivity index (χ1n) is 12.6. The Kier molecular flexibility index (Phi) is 7.85. The summed E-state index contributed by atoms with van der Waals surface area (Å²) < 4.78 is 7.04. The van der Waals surface area contributed by atoms with Crippen LogP contribution in [0, 0.1) is 24.7 Å². The van der Waals surface area contributed by atoms with Gasteiger partial charge in [-0.2, -0.15) is 0 Å². The summed E-state index contributed by atoms with van der Waals surface area (Å²) in [6.07, 6.45) is 6.43. The van der Waals surface area contributed by atoms with Gasteiger partial charge in [-0.25, -0.2) is 14.5 Å². The van der Waals surface area contributed by atoms with Crippen LogP contribution in [0.1, 0.15) is 64.0 Å². The highest BCUT2D eigenvalue weighted by atomic mass is 16.6. The van der Waals surface area contributed by atoms with Gasteiger partial charge in [0.2, 0.25) is 5.91 Å². The van der Waals surface area contributed by atoms with Crippen LogP contribution < -0.4 is 10.6 Å². The predicted molar refractivity (Wildman–Crippen MR) is 132 cm³/mol. The van der Waals surface area contributed by atoms with Crippen molar-refractivity contribution in [1.29, 1.82) is 0 Å². The lowest BCUT2D eigenvalue weighted by Gasteiger charge is -2.27. The number of amides is 2. The van der Waals surface area contributed by atoms with Gasteiger partial charge in [0.1, 0.15) is 6.10 Å². The zero-order valence-corrected chi connectivity index (χ0v) is 21.0. The molecule has 194 valence electrons. The fourth-order valence-electron chi connectivity index (χ4n) is 5.28. The number of aryl methyl sites for hydroxylation is 2. The summed E-state index contributed by atoms with van der Waals surface area (Å²) in [7, 11) is 1.66. The lowest BCUT2D eigenvalue weighted by molar-refractivity contribution is -0.147. The molecule has 2 fully saturated rings. The van der Waals surface area contributed by atoms with Crippen LogP contribution in [0.25, 0.3) is 11.4 Å². The van der Waals surface area contributed by atoms with Gasteiger partial charge in [-0.1, -0.05) is 30.9 Å². The van der Waals surface area contributed by atoms with Gasteiger partial charge in [0.15, 0.2) is 11.5 Å². The minimum Gasteiger partial charge on any atom is -0.481 e. The molecule has 1 unspecified atom stereocenters. The monoisotopic (exact) mass is 498 g/mol. The van der Waals surface area contributed by atoms with Crippen molar-refractivity contribution in [2.45, 2.75) is 71.3 Å². The van der Waals surface area contributed by atoms with Gasteiger partial charge >= 0.3 is 12.1 Å². The second-order valence-corrected chi connectivity index (χ2v) is 9.84. The van der Waals surface area contributed by atoms with Crippen LogP contribution in [0.2, 0.25) is 0 Å². The highest BCUT2D eigenvalue weighted by Gasteiger charge is 2.36. The molecule has 2 aliphatic rings. The molecule has 2 aliphatic carbocycles. The van der Waals surface area contributed by atoms with Crippen molar-refractivity contribution in [1.82, 2.24) is 20.0 Å². The molecule has 0 radical (unpaired) electrons. The number of carbonyl (C=O) groups excluding carboxylic acids is 2. The molecular formula is C25H34N6O5. The van der Waals surface area contributed by atoms with Crippen molar-refractivity contribution in [3.63, 3.8) is 0 Å². The van der Waals surface area contributed by atoms with Gasteiger partial charge in [0.05, 0.1) is 28.9 Å². The zero-order valence-electron chi connectivity index (χ0n) is 21.0. The third-order valence-electron chi connectivity index (χ3n) is 7.41. The van der Waals surface area contributed by atoms with Gasteiger partial charge in [-0.05, 0) is 57.6 Å². The van der Waals surface area contributed by atoms with Crippen LogP contribution >= 0.6 is 0 Å². The van der Waals surface area contributed by atoms with Gasteiger partial charge in [0.25, 0.3) is 0 Å². The van der Waals surface area contributed by atoms with Crippen molar-refractivity contribution in [3.8, 4) is 11.4 Å². The van der Waals surface area contributed by atoms with Gasteiger partial charge in [-0.3, -0.25) is 14.9 Å². The molecule has 2 amide bonds. The van der Waals surface area contributed by atoms with Gasteiger partial charge < -0.3 is 15.2 Å². The molecule has 2 aromatic heterocycles. The number of rotatable bonds is 7. The number of hydrogen-bond donors (Lipinski definition) is 3. The summed E-state index contributed by atoms with van der Waals surface area (Å²) in [5.74, 6) is -1.74. The fraction of sp³-hybridized carbons (Fsp3) is 0.600. The van der Waals surface area contributed by atoms with Crippen molar-refractivity contribution in [2.24, 2.45) is 24.8 Å². The summed E-state index contributed by atoms with van der Waals surface area (Å²) in [6.45, 7) is 3.66. The Morgan fingerprint density at radius 1 is 1.06 bits per heavy atom. The summed E-state index contributed by atoms with van der Waals surface area (Å²) in [5, 5.41) is 23.3.